The molecule has 3 N–H and O–H groups in total. The number of hydrogen-bond donors (Lipinski definition) is 2. The molecule has 0 saturated carbocycles. The summed E-state index contributed by atoms with van der Waals surface area (Å²) in [5.41, 5.74) is 5.50. The van der Waals surface area contributed by atoms with Gasteiger partial charge in [-0.1, -0.05) is 19.9 Å². The monoisotopic (exact) mass is 171 g/mol. The first kappa shape index (κ1) is 11.2. The summed E-state index contributed by atoms with van der Waals surface area (Å²) >= 11 is 0. The smallest absolute Gasteiger partial charge is 0.331 e. The molecule has 3 heteroatoms. The van der Waals surface area contributed by atoms with Gasteiger partial charge in [-0.25, -0.2) is 4.79 Å². The highest BCUT2D eigenvalue weighted by Gasteiger charge is 2.26. The molecule has 0 spiro atoms. The third kappa shape index (κ3) is 2.66. The van der Waals surface area contributed by atoms with E-state index in [1.807, 2.05) is 13.8 Å². The predicted octanol–water partition coefficient (Wildman–Crippen LogP) is 1.39. The summed E-state index contributed by atoms with van der Waals surface area (Å²) in [7, 11) is 0. The van der Waals surface area contributed by atoms with Crippen LogP contribution in [0.4, 0.5) is 0 Å². The number of nitrogens with two attached hydrogens (primary N) is 1. The Kier molecular flexibility index (Phi) is 3.96. The van der Waals surface area contributed by atoms with Gasteiger partial charge in [0.2, 0.25) is 0 Å². The van der Waals surface area contributed by atoms with E-state index in [1.54, 1.807) is 13.0 Å². The Labute approximate surface area is 73.3 Å². The summed E-state index contributed by atoms with van der Waals surface area (Å²) in [4.78, 5) is 10.7. The van der Waals surface area contributed by atoms with Crippen LogP contribution in [0.5, 0.6) is 0 Å². The van der Waals surface area contributed by atoms with Gasteiger partial charge in [0.05, 0.1) is 0 Å². The highest BCUT2D eigenvalue weighted by atomic mass is 16.4. The minimum absolute atomic E-state index is 0.324. The summed E-state index contributed by atoms with van der Waals surface area (Å²) in [6, 6.07) is 0. The minimum Gasteiger partial charge on any atom is -0.478 e. The van der Waals surface area contributed by atoms with Crippen LogP contribution in [-0.2, 0) is 4.79 Å². The third-order valence-corrected chi connectivity index (χ3v) is 2.02. The van der Waals surface area contributed by atoms with E-state index in [9.17, 15) is 4.79 Å². The van der Waals surface area contributed by atoms with Crippen molar-refractivity contribution in [2.24, 2.45) is 11.1 Å². The molecular formula is C9H17NO2. The molecule has 0 aromatic heterocycles. The lowest BCUT2D eigenvalue weighted by Crippen LogP contribution is -2.24. The zero-order valence-corrected chi connectivity index (χ0v) is 7.92. The molecule has 0 amide bonds. The van der Waals surface area contributed by atoms with E-state index in [-0.39, 0.29) is 5.41 Å². The van der Waals surface area contributed by atoms with Gasteiger partial charge in [-0.05, 0) is 25.3 Å². The molecule has 0 aromatic rings. The zero-order chi connectivity index (χ0) is 9.78. The van der Waals surface area contributed by atoms with Crippen molar-refractivity contribution in [2.75, 3.05) is 6.54 Å². The Bertz CT molecular complexity index is 195. The lowest BCUT2D eigenvalue weighted by molar-refractivity contribution is -0.133. The lowest BCUT2D eigenvalue weighted by atomic mass is 9.81. The van der Waals surface area contributed by atoms with Crippen molar-refractivity contribution in [3.63, 3.8) is 0 Å². The number of aliphatic carboxylic acids is 1. The molecule has 0 unspecified atom stereocenters. The molecule has 12 heavy (non-hydrogen) atoms. The molecule has 0 heterocycles. The summed E-state index contributed by atoms with van der Waals surface area (Å²) in [6.45, 7) is 6.03. The summed E-state index contributed by atoms with van der Waals surface area (Å²) < 4.78 is 0. The fourth-order valence-electron chi connectivity index (χ4n) is 1.30. The van der Waals surface area contributed by atoms with Crippen molar-refractivity contribution in [2.45, 2.75) is 27.2 Å². The normalized spacial score (nSPS) is 13.2. The number of rotatable bonds is 4. The Morgan fingerprint density at radius 3 is 2.33 bits per heavy atom. The van der Waals surface area contributed by atoms with Crippen LogP contribution in [0.1, 0.15) is 27.2 Å². The number of carboxylic acids is 1. The maximum atomic E-state index is 10.7. The molecule has 0 saturated heterocycles. The van der Waals surface area contributed by atoms with Crippen LogP contribution in [0.2, 0.25) is 0 Å². The fourth-order valence-corrected chi connectivity index (χ4v) is 1.30. The third-order valence-electron chi connectivity index (χ3n) is 2.02. The van der Waals surface area contributed by atoms with Gasteiger partial charge < -0.3 is 10.8 Å². The lowest BCUT2D eigenvalue weighted by Gasteiger charge is -2.24. The van der Waals surface area contributed by atoms with E-state index < -0.39 is 5.97 Å². The second-order valence-electron chi connectivity index (χ2n) is 3.43. The van der Waals surface area contributed by atoms with Crippen LogP contribution in [-0.4, -0.2) is 17.6 Å². The SMILES string of the molecule is CC=C(C(=O)O)C(C)(C)CCN. The van der Waals surface area contributed by atoms with Gasteiger partial charge in [0.15, 0.2) is 0 Å². The molecule has 0 aromatic carbocycles. The van der Waals surface area contributed by atoms with Crippen molar-refractivity contribution in [1.29, 1.82) is 0 Å². The summed E-state index contributed by atoms with van der Waals surface area (Å²) in [5, 5.41) is 8.83. The topological polar surface area (TPSA) is 63.3 Å². The molecule has 0 radical (unpaired) electrons. The van der Waals surface area contributed by atoms with E-state index in [4.69, 9.17) is 10.8 Å². The quantitative estimate of drug-likeness (QED) is 0.628. The largest absolute Gasteiger partial charge is 0.478 e. The zero-order valence-electron chi connectivity index (χ0n) is 7.92. The maximum absolute atomic E-state index is 10.7. The molecule has 0 bridgehead atoms. The van der Waals surface area contributed by atoms with Crippen LogP contribution in [0, 0.1) is 5.41 Å². The first-order chi connectivity index (χ1) is 5.45. The van der Waals surface area contributed by atoms with Crippen LogP contribution < -0.4 is 5.73 Å². The fraction of sp³-hybridized carbons (Fsp3) is 0.667. The van der Waals surface area contributed by atoms with E-state index in [1.165, 1.54) is 0 Å². The second-order valence-corrected chi connectivity index (χ2v) is 3.43. The minimum atomic E-state index is -0.851. The molecule has 0 fully saturated rings. The van der Waals surface area contributed by atoms with Gasteiger partial charge >= 0.3 is 5.97 Å². The van der Waals surface area contributed by atoms with Crippen molar-refractivity contribution < 1.29 is 9.90 Å². The number of allylic oxidation sites excluding steroid dienone is 1. The van der Waals surface area contributed by atoms with Crippen LogP contribution >= 0.6 is 0 Å². The standard InChI is InChI=1S/C9H17NO2/c1-4-7(8(11)12)9(2,3)5-6-10/h4H,5-6,10H2,1-3H3,(H,11,12). The molecule has 70 valence electrons. The summed E-state index contributed by atoms with van der Waals surface area (Å²) in [6.07, 6.45) is 2.33. The van der Waals surface area contributed by atoms with E-state index in [0.29, 0.717) is 18.5 Å². The van der Waals surface area contributed by atoms with Gasteiger partial charge in [-0.2, -0.15) is 0 Å². The van der Waals surface area contributed by atoms with Crippen molar-refractivity contribution in [1.82, 2.24) is 0 Å². The Balaban J connectivity index is 4.61. The Hall–Kier alpha value is -0.830. The maximum Gasteiger partial charge on any atom is 0.331 e. The highest BCUT2D eigenvalue weighted by molar-refractivity contribution is 5.87. The van der Waals surface area contributed by atoms with Gasteiger partial charge in [-0.3, -0.25) is 0 Å². The molecule has 0 aliphatic rings. The number of carboxylic acid groups (broad SMARTS) is 1. The molecule has 3 nitrogen and oxygen atoms in total. The molecule has 0 aliphatic carbocycles. The van der Waals surface area contributed by atoms with Crippen molar-refractivity contribution in [3.05, 3.63) is 11.6 Å². The van der Waals surface area contributed by atoms with Gasteiger partial charge in [0, 0.05) is 5.57 Å². The first-order valence-corrected chi connectivity index (χ1v) is 4.06. The number of hydrogen-bond acceptors (Lipinski definition) is 2. The molecule has 0 rings (SSSR count). The van der Waals surface area contributed by atoms with Crippen LogP contribution in [0.3, 0.4) is 0 Å². The summed E-state index contributed by atoms with van der Waals surface area (Å²) in [5.74, 6) is -0.851. The Morgan fingerprint density at radius 1 is 1.58 bits per heavy atom. The van der Waals surface area contributed by atoms with Gasteiger partial charge in [0.1, 0.15) is 0 Å². The molecular weight excluding hydrogens is 154 g/mol. The van der Waals surface area contributed by atoms with E-state index >= 15 is 0 Å². The Morgan fingerprint density at radius 2 is 2.08 bits per heavy atom. The highest BCUT2D eigenvalue weighted by Crippen LogP contribution is 2.29. The first-order valence-electron chi connectivity index (χ1n) is 4.06. The van der Waals surface area contributed by atoms with E-state index in [0.717, 1.165) is 0 Å². The number of carbonyl (C=O) groups is 1. The molecule has 0 aliphatic heterocycles. The van der Waals surface area contributed by atoms with Crippen molar-refractivity contribution in [3.8, 4) is 0 Å². The van der Waals surface area contributed by atoms with Crippen LogP contribution in [0.25, 0.3) is 0 Å². The van der Waals surface area contributed by atoms with Gasteiger partial charge in [0.25, 0.3) is 0 Å². The average molecular weight is 171 g/mol. The van der Waals surface area contributed by atoms with Crippen molar-refractivity contribution >= 4 is 5.97 Å². The van der Waals surface area contributed by atoms with E-state index in [2.05, 4.69) is 0 Å². The second kappa shape index (κ2) is 4.26. The average Bonchev–Trinajstić information content (AvgIpc) is 1.86. The molecule has 0 atom stereocenters. The van der Waals surface area contributed by atoms with Crippen LogP contribution in [0.15, 0.2) is 11.6 Å². The van der Waals surface area contributed by atoms with Gasteiger partial charge in [-0.15, -0.1) is 0 Å². The predicted molar refractivity (Wildman–Crippen MR) is 48.8 cm³/mol.